The van der Waals surface area contributed by atoms with E-state index in [9.17, 15) is 0 Å². The fourth-order valence-electron chi connectivity index (χ4n) is 1.01. The van der Waals surface area contributed by atoms with E-state index >= 15 is 0 Å². The van der Waals surface area contributed by atoms with Crippen molar-refractivity contribution in [1.82, 2.24) is 4.90 Å². The number of hydrazone groups is 1. The van der Waals surface area contributed by atoms with Crippen LogP contribution in [0.1, 0.15) is 12.8 Å². The molecule has 52 valence electrons. The van der Waals surface area contributed by atoms with Crippen molar-refractivity contribution in [2.24, 2.45) is 10.9 Å². The molecule has 0 spiro atoms. The van der Waals surface area contributed by atoms with Crippen LogP contribution in [0.2, 0.25) is 0 Å². The van der Waals surface area contributed by atoms with E-state index in [1.54, 1.807) is 0 Å². The van der Waals surface area contributed by atoms with Crippen LogP contribution >= 0.6 is 0 Å². The molecule has 0 aliphatic carbocycles. The zero-order valence-electron chi connectivity index (χ0n) is 5.80. The second-order valence-electron chi connectivity index (χ2n) is 2.50. The second-order valence-corrected chi connectivity index (χ2v) is 2.50. The van der Waals surface area contributed by atoms with Crippen molar-refractivity contribution in [2.45, 2.75) is 12.8 Å². The van der Waals surface area contributed by atoms with Crippen molar-refractivity contribution in [2.75, 3.05) is 20.1 Å². The molecule has 9 heavy (non-hydrogen) atoms. The standard InChI is InChI=1S/C6H13N3/c1-9-4-2-6(8-7)3-5-9/h2-5,7H2,1H3. The summed E-state index contributed by atoms with van der Waals surface area (Å²) in [4.78, 5) is 2.29. The average Bonchev–Trinajstić information content (AvgIpc) is 1.90. The summed E-state index contributed by atoms with van der Waals surface area (Å²) in [6, 6.07) is 0. The van der Waals surface area contributed by atoms with Crippen molar-refractivity contribution in [3.63, 3.8) is 0 Å². The number of likely N-dealkylation sites (tertiary alicyclic amines) is 1. The molecule has 0 atom stereocenters. The van der Waals surface area contributed by atoms with Gasteiger partial charge in [0.15, 0.2) is 0 Å². The first-order valence-corrected chi connectivity index (χ1v) is 3.27. The van der Waals surface area contributed by atoms with Gasteiger partial charge in [0.25, 0.3) is 0 Å². The molecule has 1 rings (SSSR count). The van der Waals surface area contributed by atoms with Crippen LogP contribution in [0.5, 0.6) is 0 Å². The van der Waals surface area contributed by atoms with E-state index in [0.29, 0.717) is 0 Å². The minimum atomic E-state index is 1.05. The van der Waals surface area contributed by atoms with Gasteiger partial charge in [0, 0.05) is 31.6 Å². The normalized spacial score (nSPS) is 22.1. The Morgan fingerprint density at radius 1 is 1.44 bits per heavy atom. The lowest BCUT2D eigenvalue weighted by atomic mass is 10.1. The number of rotatable bonds is 0. The number of piperidine rings is 1. The van der Waals surface area contributed by atoms with Gasteiger partial charge < -0.3 is 10.7 Å². The first-order chi connectivity index (χ1) is 4.33. The van der Waals surface area contributed by atoms with Gasteiger partial charge in [-0.1, -0.05) is 0 Å². The molecule has 1 aliphatic heterocycles. The van der Waals surface area contributed by atoms with Gasteiger partial charge in [0.2, 0.25) is 0 Å². The van der Waals surface area contributed by atoms with Crippen LogP contribution in [0.4, 0.5) is 0 Å². The van der Waals surface area contributed by atoms with Gasteiger partial charge in [-0.25, -0.2) is 0 Å². The van der Waals surface area contributed by atoms with Crippen LogP contribution in [-0.4, -0.2) is 30.7 Å². The van der Waals surface area contributed by atoms with E-state index in [0.717, 1.165) is 31.6 Å². The summed E-state index contributed by atoms with van der Waals surface area (Å²) in [6.07, 6.45) is 2.10. The van der Waals surface area contributed by atoms with Gasteiger partial charge in [0.1, 0.15) is 0 Å². The molecule has 3 heteroatoms. The van der Waals surface area contributed by atoms with Crippen molar-refractivity contribution < 1.29 is 0 Å². The molecule has 0 unspecified atom stereocenters. The average molecular weight is 127 g/mol. The third-order valence-corrected chi connectivity index (χ3v) is 1.75. The molecule has 0 amide bonds. The molecule has 0 radical (unpaired) electrons. The molecule has 1 heterocycles. The monoisotopic (exact) mass is 127 g/mol. The molecule has 2 N–H and O–H groups in total. The number of hydrogen-bond donors (Lipinski definition) is 1. The van der Waals surface area contributed by atoms with Crippen LogP contribution in [0.25, 0.3) is 0 Å². The van der Waals surface area contributed by atoms with Gasteiger partial charge in [-0.15, -0.1) is 0 Å². The molecule has 3 nitrogen and oxygen atoms in total. The van der Waals surface area contributed by atoms with Gasteiger partial charge in [-0.05, 0) is 7.05 Å². The number of nitrogens with two attached hydrogens (primary N) is 1. The van der Waals surface area contributed by atoms with Crippen molar-refractivity contribution >= 4 is 5.71 Å². The minimum Gasteiger partial charge on any atom is -0.323 e. The lowest BCUT2D eigenvalue weighted by molar-refractivity contribution is 0.336. The largest absolute Gasteiger partial charge is 0.323 e. The zero-order chi connectivity index (χ0) is 6.69. The van der Waals surface area contributed by atoms with E-state index in [4.69, 9.17) is 5.84 Å². The lowest BCUT2D eigenvalue weighted by Gasteiger charge is -2.22. The van der Waals surface area contributed by atoms with E-state index in [-0.39, 0.29) is 0 Å². The van der Waals surface area contributed by atoms with E-state index in [1.807, 2.05) is 0 Å². The zero-order valence-corrected chi connectivity index (χ0v) is 5.80. The first kappa shape index (κ1) is 6.55. The molecule has 0 saturated carbocycles. The first-order valence-electron chi connectivity index (χ1n) is 3.27. The van der Waals surface area contributed by atoms with Crippen LogP contribution in [0.15, 0.2) is 5.10 Å². The third-order valence-electron chi connectivity index (χ3n) is 1.75. The summed E-state index contributed by atoms with van der Waals surface area (Å²) in [7, 11) is 2.12. The molecular formula is C6H13N3. The predicted octanol–water partition coefficient (Wildman–Crippen LogP) is 0.0267. The molecule has 1 aliphatic rings. The van der Waals surface area contributed by atoms with Gasteiger partial charge >= 0.3 is 0 Å². The predicted molar refractivity (Wildman–Crippen MR) is 38.4 cm³/mol. The fourth-order valence-corrected chi connectivity index (χ4v) is 1.01. The topological polar surface area (TPSA) is 41.6 Å². The fraction of sp³-hybridized carbons (Fsp3) is 0.833. The highest BCUT2D eigenvalue weighted by atomic mass is 15.1. The van der Waals surface area contributed by atoms with E-state index in [1.165, 1.54) is 0 Å². The molecule has 0 bridgehead atoms. The maximum atomic E-state index is 5.12. The summed E-state index contributed by atoms with van der Waals surface area (Å²) >= 11 is 0. The Morgan fingerprint density at radius 2 is 2.00 bits per heavy atom. The van der Waals surface area contributed by atoms with Crippen LogP contribution in [0, 0.1) is 0 Å². The Labute approximate surface area is 55.5 Å². The Balaban J connectivity index is 2.35. The Morgan fingerprint density at radius 3 is 2.44 bits per heavy atom. The summed E-state index contributed by atoms with van der Waals surface area (Å²) in [5, 5.41) is 3.67. The summed E-state index contributed by atoms with van der Waals surface area (Å²) < 4.78 is 0. The Bertz CT molecular complexity index is 109. The lowest BCUT2D eigenvalue weighted by Crippen LogP contribution is -2.30. The van der Waals surface area contributed by atoms with Crippen molar-refractivity contribution in [3.8, 4) is 0 Å². The van der Waals surface area contributed by atoms with Crippen LogP contribution < -0.4 is 5.84 Å². The smallest absolute Gasteiger partial charge is 0.0401 e. The van der Waals surface area contributed by atoms with Crippen molar-refractivity contribution in [3.05, 3.63) is 0 Å². The highest BCUT2D eigenvalue weighted by molar-refractivity contribution is 5.85. The molecule has 0 aromatic heterocycles. The van der Waals surface area contributed by atoms with E-state index < -0.39 is 0 Å². The molecular weight excluding hydrogens is 114 g/mol. The van der Waals surface area contributed by atoms with Gasteiger partial charge in [-0.3, -0.25) is 0 Å². The SMILES string of the molecule is CN1CCC(=NN)CC1. The quantitative estimate of drug-likeness (QED) is 0.368. The number of nitrogens with zero attached hydrogens (tertiary/aromatic N) is 2. The Hall–Kier alpha value is -0.570. The second kappa shape index (κ2) is 2.82. The Kier molecular flexibility index (Phi) is 2.05. The molecule has 1 fully saturated rings. The van der Waals surface area contributed by atoms with Crippen LogP contribution in [-0.2, 0) is 0 Å². The van der Waals surface area contributed by atoms with Gasteiger partial charge in [0.05, 0.1) is 0 Å². The van der Waals surface area contributed by atoms with Crippen molar-refractivity contribution in [1.29, 1.82) is 0 Å². The summed E-state index contributed by atoms with van der Waals surface area (Å²) in [6.45, 7) is 2.21. The maximum Gasteiger partial charge on any atom is 0.0401 e. The molecule has 1 saturated heterocycles. The minimum absolute atomic E-state index is 1.05. The molecule has 0 aromatic carbocycles. The highest BCUT2D eigenvalue weighted by Crippen LogP contribution is 2.02. The maximum absolute atomic E-state index is 5.12. The molecule has 0 aromatic rings. The highest BCUT2D eigenvalue weighted by Gasteiger charge is 2.09. The summed E-state index contributed by atoms with van der Waals surface area (Å²) in [5.74, 6) is 5.12. The van der Waals surface area contributed by atoms with Crippen LogP contribution in [0.3, 0.4) is 0 Å². The van der Waals surface area contributed by atoms with Gasteiger partial charge in [-0.2, -0.15) is 5.10 Å². The number of hydrogen-bond acceptors (Lipinski definition) is 3. The summed E-state index contributed by atoms with van der Waals surface area (Å²) in [5.41, 5.74) is 1.16. The third kappa shape index (κ3) is 1.68. The van der Waals surface area contributed by atoms with E-state index in [2.05, 4.69) is 17.0 Å².